The van der Waals surface area contributed by atoms with Gasteiger partial charge < -0.3 is 14.8 Å². The Hall–Kier alpha value is -0.610. The van der Waals surface area contributed by atoms with E-state index in [9.17, 15) is 4.79 Å². The number of likely N-dealkylation sites (N-methyl/N-ethyl adjacent to an activating group) is 1. The molecule has 0 rings (SSSR count). The van der Waals surface area contributed by atoms with E-state index >= 15 is 0 Å². The molecule has 0 aromatic rings. The second-order valence-electron chi connectivity index (χ2n) is 5.17. The molecule has 0 aliphatic heterocycles. The van der Waals surface area contributed by atoms with Crippen molar-refractivity contribution in [1.82, 2.24) is 5.32 Å². The lowest BCUT2D eigenvalue weighted by Gasteiger charge is -2.27. The number of hydrogen-bond donors (Lipinski definition) is 1. The summed E-state index contributed by atoms with van der Waals surface area (Å²) in [5.41, 5.74) is -0.734. The number of rotatable bonds is 10. The molecule has 0 radical (unpaired) electrons. The summed E-state index contributed by atoms with van der Waals surface area (Å²) in [6.45, 7) is 12.2. The van der Waals surface area contributed by atoms with Crippen molar-refractivity contribution in [1.29, 1.82) is 0 Å². The van der Waals surface area contributed by atoms with E-state index in [1.54, 1.807) is 0 Å². The fourth-order valence-electron chi connectivity index (χ4n) is 1.73. The average molecular weight is 259 g/mol. The zero-order valence-electron chi connectivity index (χ0n) is 12.5. The second kappa shape index (κ2) is 9.34. The van der Waals surface area contributed by atoms with E-state index < -0.39 is 5.54 Å². The highest BCUT2D eigenvalue weighted by Gasteiger charge is 2.34. The number of carbonyl (C=O) groups is 1. The van der Waals surface area contributed by atoms with E-state index in [4.69, 9.17) is 9.47 Å². The van der Waals surface area contributed by atoms with Crippen molar-refractivity contribution in [3.05, 3.63) is 0 Å². The highest BCUT2D eigenvalue weighted by atomic mass is 16.5. The third-order valence-electron chi connectivity index (χ3n) is 2.75. The summed E-state index contributed by atoms with van der Waals surface area (Å²) in [5, 5.41) is 3.14. The van der Waals surface area contributed by atoms with Gasteiger partial charge in [0.25, 0.3) is 0 Å². The second-order valence-corrected chi connectivity index (χ2v) is 5.17. The molecule has 0 amide bonds. The molecule has 1 atom stereocenters. The van der Waals surface area contributed by atoms with Crippen molar-refractivity contribution in [2.45, 2.75) is 53.0 Å². The van der Waals surface area contributed by atoms with Crippen molar-refractivity contribution in [3.63, 3.8) is 0 Å². The van der Waals surface area contributed by atoms with Crippen LogP contribution in [0.15, 0.2) is 0 Å². The van der Waals surface area contributed by atoms with Crippen LogP contribution in [0, 0.1) is 5.92 Å². The van der Waals surface area contributed by atoms with Gasteiger partial charge in [0.1, 0.15) is 5.54 Å². The standard InChI is InChI=1S/C14H29NO3/c1-6-15-14(5,13(16)18-7-2)11-17-10-8-9-12(3)4/h12,15H,6-11H2,1-5H3. The maximum atomic E-state index is 11.9. The van der Waals surface area contributed by atoms with Gasteiger partial charge in [0.2, 0.25) is 0 Å². The van der Waals surface area contributed by atoms with Crippen LogP contribution < -0.4 is 5.32 Å². The van der Waals surface area contributed by atoms with Crippen molar-refractivity contribution in [2.75, 3.05) is 26.4 Å². The van der Waals surface area contributed by atoms with Crippen LogP contribution in [0.4, 0.5) is 0 Å². The normalized spacial score (nSPS) is 14.6. The average Bonchev–Trinajstić information content (AvgIpc) is 2.28. The van der Waals surface area contributed by atoms with Crippen LogP contribution in [0.25, 0.3) is 0 Å². The van der Waals surface area contributed by atoms with E-state index in [2.05, 4.69) is 19.2 Å². The van der Waals surface area contributed by atoms with Crippen LogP contribution in [0.3, 0.4) is 0 Å². The molecule has 4 heteroatoms. The molecule has 18 heavy (non-hydrogen) atoms. The van der Waals surface area contributed by atoms with Crippen LogP contribution >= 0.6 is 0 Å². The third-order valence-corrected chi connectivity index (χ3v) is 2.75. The Morgan fingerprint density at radius 2 is 2.00 bits per heavy atom. The van der Waals surface area contributed by atoms with Gasteiger partial charge >= 0.3 is 5.97 Å². The first-order valence-corrected chi connectivity index (χ1v) is 6.96. The van der Waals surface area contributed by atoms with Crippen LogP contribution in [-0.4, -0.2) is 37.9 Å². The number of nitrogens with one attached hydrogen (secondary N) is 1. The van der Waals surface area contributed by atoms with Gasteiger partial charge in [0.05, 0.1) is 13.2 Å². The summed E-state index contributed by atoms with van der Waals surface area (Å²) in [7, 11) is 0. The first kappa shape index (κ1) is 17.4. The van der Waals surface area contributed by atoms with Crippen molar-refractivity contribution in [3.8, 4) is 0 Å². The van der Waals surface area contributed by atoms with Gasteiger partial charge in [-0.15, -0.1) is 0 Å². The van der Waals surface area contributed by atoms with Crippen molar-refractivity contribution in [2.24, 2.45) is 5.92 Å². The van der Waals surface area contributed by atoms with Gasteiger partial charge in [-0.2, -0.15) is 0 Å². The Morgan fingerprint density at radius 3 is 2.50 bits per heavy atom. The molecular weight excluding hydrogens is 230 g/mol. The van der Waals surface area contributed by atoms with Crippen LogP contribution in [0.1, 0.15) is 47.5 Å². The molecule has 1 unspecified atom stereocenters. The Morgan fingerprint density at radius 1 is 1.33 bits per heavy atom. The molecule has 0 aliphatic rings. The smallest absolute Gasteiger partial charge is 0.328 e. The number of hydrogen-bond acceptors (Lipinski definition) is 4. The Balaban J connectivity index is 4.06. The molecular formula is C14H29NO3. The van der Waals surface area contributed by atoms with E-state index in [0.717, 1.165) is 12.8 Å². The zero-order valence-corrected chi connectivity index (χ0v) is 12.5. The molecule has 0 saturated heterocycles. The van der Waals surface area contributed by atoms with Gasteiger partial charge in [-0.25, -0.2) is 4.79 Å². The minimum atomic E-state index is -0.734. The van der Waals surface area contributed by atoms with Crippen molar-refractivity contribution < 1.29 is 14.3 Å². The van der Waals surface area contributed by atoms with E-state index in [1.807, 2.05) is 20.8 Å². The van der Waals surface area contributed by atoms with E-state index in [1.165, 1.54) is 0 Å². The summed E-state index contributed by atoms with van der Waals surface area (Å²) in [6, 6.07) is 0. The predicted molar refractivity (Wildman–Crippen MR) is 73.6 cm³/mol. The molecule has 0 heterocycles. The van der Waals surface area contributed by atoms with Gasteiger partial charge in [0, 0.05) is 6.61 Å². The number of ether oxygens (including phenoxy) is 2. The lowest BCUT2D eigenvalue weighted by Crippen LogP contribution is -2.54. The van der Waals surface area contributed by atoms with Gasteiger partial charge in [-0.05, 0) is 39.2 Å². The minimum Gasteiger partial charge on any atom is -0.465 e. The minimum absolute atomic E-state index is 0.240. The van der Waals surface area contributed by atoms with E-state index in [-0.39, 0.29) is 5.97 Å². The fraction of sp³-hybridized carbons (Fsp3) is 0.929. The molecule has 0 aliphatic carbocycles. The fourth-order valence-corrected chi connectivity index (χ4v) is 1.73. The quantitative estimate of drug-likeness (QED) is 0.483. The molecule has 0 spiro atoms. The van der Waals surface area contributed by atoms with Crippen molar-refractivity contribution >= 4 is 5.97 Å². The highest BCUT2D eigenvalue weighted by Crippen LogP contribution is 2.09. The van der Waals surface area contributed by atoms with Crippen LogP contribution in [0.5, 0.6) is 0 Å². The van der Waals surface area contributed by atoms with Gasteiger partial charge in [0.15, 0.2) is 0 Å². The van der Waals surface area contributed by atoms with Gasteiger partial charge in [-0.3, -0.25) is 0 Å². The largest absolute Gasteiger partial charge is 0.465 e. The Kier molecular flexibility index (Phi) is 9.02. The topological polar surface area (TPSA) is 47.6 Å². The molecule has 108 valence electrons. The van der Waals surface area contributed by atoms with Gasteiger partial charge in [-0.1, -0.05) is 20.8 Å². The Bertz CT molecular complexity index is 231. The molecule has 4 nitrogen and oxygen atoms in total. The SMILES string of the molecule is CCNC(C)(COCCCC(C)C)C(=O)OCC. The van der Waals surface area contributed by atoms with Crippen LogP contribution in [0.2, 0.25) is 0 Å². The maximum Gasteiger partial charge on any atom is 0.328 e. The summed E-state index contributed by atoms with van der Waals surface area (Å²) in [6.07, 6.45) is 2.18. The lowest BCUT2D eigenvalue weighted by atomic mass is 10.0. The summed E-state index contributed by atoms with van der Waals surface area (Å²) in [5.74, 6) is 0.453. The molecule has 0 bridgehead atoms. The summed E-state index contributed by atoms with van der Waals surface area (Å²) < 4.78 is 10.7. The maximum absolute atomic E-state index is 11.9. The molecule has 0 saturated carbocycles. The molecule has 0 aromatic heterocycles. The summed E-state index contributed by atoms with van der Waals surface area (Å²) in [4.78, 5) is 11.9. The molecule has 0 aromatic carbocycles. The number of carbonyl (C=O) groups excluding carboxylic acids is 1. The zero-order chi connectivity index (χ0) is 14.0. The highest BCUT2D eigenvalue weighted by molar-refractivity contribution is 5.80. The monoisotopic (exact) mass is 259 g/mol. The third kappa shape index (κ3) is 6.97. The lowest BCUT2D eigenvalue weighted by molar-refractivity contribution is -0.153. The van der Waals surface area contributed by atoms with E-state index in [0.29, 0.717) is 32.3 Å². The molecule has 0 fully saturated rings. The first-order valence-electron chi connectivity index (χ1n) is 6.96. The molecule has 1 N–H and O–H groups in total. The Labute approximate surface area is 111 Å². The first-order chi connectivity index (χ1) is 8.46. The predicted octanol–water partition coefficient (Wildman–Crippen LogP) is 2.37. The van der Waals surface area contributed by atoms with Crippen LogP contribution in [-0.2, 0) is 14.3 Å². The number of esters is 1. The summed E-state index contributed by atoms with van der Waals surface area (Å²) >= 11 is 0.